The number of fused-ring (bicyclic) bond motifs is 1. The van der Waals surface area contributed by atoms with Crippen LogP contribution >= 0.6 is 0 Å². The summed E-state index contributed by atoms with van der Waals surface area (Å²) in [7, 11) is 0. The van der Waals surface area contributed by atoms with Gasteiger partial charge in [0.05, 0.1) is 11.0 Å². The Hall–Kier alpha value is -1.88. The zero-order valence-corrected chi connectivity index (χ0v) is 12.2. The zero-order valence-electron chi connectivity index (χ0n) is 12.2. The monoisotopic (exact) mass is 287 g/mol. The molecule has 0 saturated heterocycles. The molecule has 1 atom stereocenters. The maximum Gasteiger partial charge on any atom is 0.320 e. The van der Waals surface area contributed by atoms with E-state index in [1.165, 1.54) is 0 Å². The van der Waals surface area contributed by atoms with Crippen LogP contribution in [0.25, 0.3) is 11.0 Å². The number of benzene rings is 1. The van der Waals surface area contributed by atoms with Crippen molar-refractivity contribution in [1.29, 1.82) is 0 Å². The summed E-state index contributed by atoms with van der Waals surface area (Å²) in [5, 5.41) is 12.5. The van der Waals surface area contributed by atoms with Crippen molar-refractivity contribution in [3.05, 3.63) is 30.1 Å². The fraction of sp³-hybridized carbons (Fsp3) is 0.500. The molecule has 5 nitrogen and oxygen atoms in total. The molecule has 2 N–H and O–H groups in total. The second kappa shape index (κ2) is 5.85. The molecule has 0 bridgehead atoms. The highest BCUT2D eigenvalue weighted by atomic mass is 16.4. The van der Waals surface area contributed by atoms with Crippen molar-refractivity contribution in [2.75, 3.05) is 0 Å². The average molecular weight is 287 g/mol. The van der Waals surface area contributed by atoms with Crippen molar-refractivity contribution in [2.24, 2.45) is 0 Å². The minimum atomic E-state index is -0.760. The van der Waals surface area contributed by atoms with Gasteiger partial charge in [0.15, 0.2) is 0 Å². The van der Waals surface area contributed by atoms with Crippen LogP contribution in [0.3, 0.4) is 0 Å². The van der Waals surface area contributed by atoms with Gasteiger partial charge >= 0.3 is 5.97 Å². The number of para-hydroxylation sites is 2. The smallest absolute Gasteiger partial charge is 0.320 e. The molecule has 1 unspecified atom stereocenters. The van der Waals surface area contributed by atoms with Gasteiger partial charge in [-0.25, -0.2) is 4.98 Å². The molecule has 1 aromatic heterocycles. The summed E-state index contributed by atoms with van der Waals surface area (Å²) < 4.78 is 2.15. The van der Waals surface area contributed by atoms with Crippen molar-refractivity contribution < 1.29 is 9.90 Å². The molecule has 1 fully saturated rings. The second-order valence-electron chi connectivity index (χ2n) is 5.64. The maximum atomic E-state index is 11.4. The molecule has 0 amide bonds. The molecule has 21 heavy (non-hydrogen) atoms. The zero-order chi connectivity index (χ0) is 14.8. The molecule has 1 saturated carbocycles. The molecule has 1 aliphatic rings. The molecule has 1 aliphatic carbocycles. The standard InChI is InChI=1S/C16H21N3O2/c1-2-15-18-12-5-3-4-6-14(12)19(15)10-9-13(16(20)21)17-11-7-8-11/h3-6,11,13,17H,2,7-10H2,1H3,(H,20,21). The Morgan fingerprint density at radius 3 is 2.90 bits per heavy atom. The Balaban J connectivity index is 1.78. The third-order valence-electron chi connectivity index (χ3n) is 4.00. The first-order chi connectivity index (χ1) is 10.2. The van der Waals surface area contributed by atoms with Crippen LogP contribution in [0.4, 0.5) is 0 Å². The lowest BCUT2D eigenvalue weighted by atomic mass is 10.2. The SMILES string of the molecule is CCc1nc2ccccc2n1CCC(NC1CC1)C(=O)O. The van der Waals surface area contributed by atoms with Crippen molar-refractivity contribution in [3.63, 3.8) is 0 Å². The maximum absolute atomic E-state index is 11.4. The summed E-state index contributed by atoms with van der Waals surface area (Å²) in [6, 6.07) is 7.96. The van der Waals surface area contributed by atoms with Gasteiger partial charge in [-0.2, -0.15) is 0 Å². The predicted molar refractivity (Wildman–Crippen MR) is 81.3 cm³/mol. The van der Waals surface area contributed by atoms with Gasteiger partial charge in [-0.15, -0.1) is 0 Å². The fourth-order valence-corrected chi connectivity index (χ4v) is 2.72. The van der Waals surface area contributed by atoms with Crippen LogP contribution in [-0.2, 0) is 17.8 Å². The molecule has 0 aliphatic heterocycles. The summed E-state index contributed by atoms with van der Waals surface area (Å²) in [5.74, 6) is 0.260. The molecular weight excluding hydrogens is 266 g/mol. The van der Waals surface area contributed by atoms with Crippen molar-refractivity contribution >= 4 is 17.0 Å². The van der Waals surface area contributed by atoms with Gasteiger partial charge in [0.25, 0.3) is 0 Å². The second-order valence-corrected chi connectivity index (χ2v) is 5.64. The molecule has 0 spiro atoms. The van der Waals surface area contributed by atoms with Crippen LogP contribution in [-0.4, -0.2) is 32.7 Å². The number of carbonyl (C=O) groups is 1. The van der Waals surface area contributed by atoms with E-state index in [-0.39, 0.29) is 0 Å². The Kier molecular flexibility index (Phi) is 3.92. The summed E-state index contributed by atoms with van der Waals surface area (Å²) in [4.78, 5) is 16.0. The third kappa shape index (κ3) is 3.08. The number of aromatic nitrogens is 2. The largest absolute Gasteiger partial charge is 0.480 e. The van der Waals surface area contributed by atoms with Gasteiger partial charge in [-0.3, -0.25) is 4.79 Å². The lowest BCUT2D eigenvalue weighted by Crippen LogP contribution is -2.38. The number of nitrogens with one attached hydrogen (secondary N) is 1. The summed E-state index contributed by atoms with van der Waals surface area (Å²) >= 11 is 0. The van der Waals surface area contributed by atoms with E-state index < -0.39 is 12.0 Å². The molecule has 5 heteroatoms. The van der Waals surface area contributed by atoms with Gasteiger partial charge in [-0.1, -0.05) is 19.1 Å². The fourth-order valence-electron chi connectivity index (χ4n) is 2.72. The minimum Gasteiger partial charge on any atom is -0.480 e. The molecule has 0 radical (unpaired) electrons. The summed E-state index contributed by atoms with van der Waals surface area (Å²) in [6.07, 6.45) is 3.62. The molecule has 1 aromatic carbocycles. The highest BCUT2D eigenvalue weighted by molar-refractivity contribution is 5.76. The number of aryl methyl sites for hydroxylation is 2. The lowest BCUT2D eigenvalue weighted by Gasteiger charge is -2.15. The highest BCUT2D eigenvalue weighted by Gasteiger charge is 2.28. The average Bonchev–Trinajstić information content (AvgIpc) is 3.23. The van der Waals surface area contributed by atoms with Crippen molar-refractivity contribution in [1.82, 2.24) is 14.9 Å². The quantitative estimate of drug-likeness (QED) is 0.819. The Labute approximate surface area is 124 Å². The van der Waals surface area contributed by atoms with E-state index >= 15 is 0 Å². The van der Waals surface area contributed by atoms with Crippen LogP contribution in [0.2, 0.25) is 0 Å². The Bertz CT molecular complexity index is 646. The van der Waals surface area contributed by atoms with Crippen LogP contribution in [0.5, 0.6) is 0 Å². The number of imidazole rings is 1. The first-order valence-electron chi connectivity index (χ1n) is 7.62. The van der Waals surface area contributed by atoms with Gasteiger partial charge in [0.1, 0.15) is 11.9 Å². The molecule has 2 aromatic rings. The van der Waals surface area contributed by atoms with E-state index in [0.29, 0.717) is 19.0 Å². The van der Waals surface area contributed by atoms with Crippen LogP contribution in [0, 0.1) is 0 Å². The third-order valence-corrected chi connectivity index (χ3v) is 4.00. The topological polar surface area (TPSA) is 67.2 Å². The van der Waals surface area contributed by atoms with Crippen LogP contribution < -0.4 is 5.32 Å². The molecule has 112 valence electrons. The van der Waals surface area contributed by atoms with E-state index in [4.69, 9.17) is 0 Å². The highest BCUT2D eigenvalue weighted by Crippen LogP contribution is 2.21. The normalized spacial score (nSPS) is 16.2. The van der Waals surface area contributed by atoms with Crippen LogP contribution in [0.1, 0.15) is 32.0 Å². The predicted octanol–water partition coefficient (Wildman–Crippen LogP) is 2.19. The summed E-state index contributed by atoms with van der Waals surface area (Å²) in [5.41, 5.74) is 2.07. The lowest BCUT2D eigenvalue weighted by molar-refractivity contribution is -0.139. The Morgan fingerprint density at radius 1 is 1.48 bits per heavy atom. The molecular formula is C16H21N3O2. The molecule has 1 heterocycles. The molecule has 3 rings (SSSR count). The van der Waals surface area contributed by atoms with Crippen LogP contribution in [0.15, 0.2) is 24.3 Å². The minimum absolute atomic E-state index is 0.399. The first kappa shape index (κ1) is 14.1. The van der Waals surface area contributed by atoms with Crippen molar-refractivity contribution in [3.8, 4) is 0 Å². The number of carboxylic acid groups (broad SMARTS) is 1. The number of rotatable bonds is 7. The van der Waals surface area contributed by atoms with Gasteiger partial charge in [0, 0.05) is 19.0 Å². The van der Waals surface area contributed by atoms with Crippen molar-refractivity contribution in [2.45, 2.75) is 51.2 Å². The van der Waals surface area contributed by atoms with Gasteiger partial charge in [-0.05, 0) is 31.4 Å². The van der Waals surface area contributed by atoms with E-state index in [1.54, 1.807) is 0 Å². The number of carboxylic acids is 1. The van der Waals surface area contributed by atoms with E-state index in [0.717, 1.165) is 36.1 Å². The van der Waals surface area contributed by atoms with E-state index in [9.17, 15) is 9.90 Å². The summed E-state index contributed by atoms with van der Waals surface area (Å²) in [6.45, 7) is 2.76. The van der Waals surface area contributed by atoms with Gasteiger partial charge in [0.2, 0.25) is 0 Å². The Morgan fingerprint density at radius 2 is 2.24 bits per heavy atom. The number of hydrogen-bond donors (Lipinski definition) is 2. The van der Waals surface area contributed by atoms with Gasteiger partial charge < -0.3 is 15.0 Å². The van der Waals surface area contributed by atoms with E-state index in [1.807, 2.05) is 24.3 Å². The first-order valence-corrected chi connectivity index (χ1v) is 7.62. The van der Waals surface area contributed by atoms with E-state index in [2.05, 4.69) is 21.8 Å². The number of aliphatic carboxylic acids is 1. The number of nitrogens with zero attached hydrogens (tertiary/aromatic N) is 2. The number of hydrogen-bond acceptors (Lipinski definition) is 3.